The molecule has 0 radical (unpaired) electrons. The van der Waals surface area contributed by atoms with E-state index in [1.54, 1.807) is 0 Å². The van der Waals surface area contributed by atoms with Crippen molar-refractivity contribution in [3.05, 3.63) is 77.5 Å². The topological polar surface area (TPSA) is 68.8 Å². The van der Waals surface area contributed by atoms with Crippen molar-refractivity contribution in [1.82, 2.24) is 24.5 Å². The number of aromatic nitrogens is 5. The van der Waals surface area contributed by atoms with Crippen molar-refractivity contribution in [3.8, 4) is 0 Å². The molecule has 4 aromatic rings. The van der Waals surface area contributed by atoms with Crippen LogP contribution in [0.15, 0.2) is 49.1 Å². The van der Waals surface area contributed by atoms with E-state index in [-0.39, 0.29) is 28.7 Å². The van der Waals surface area contributed by atoms with Crippen LogP contribution in [-0.2, 0) is 18.3 Å². The summed E-state index contributed by atoms with van der Waals surface area (Å²) in [5.74, 6) is -1.84. The second-order valence-corrected chi connectivity index (χ2v) is 7.54. The number of rotatable bonds is 5. The molecule has 0 amide bonds. The van der Waals surface area contributed by atoms with Crippen molar-refractivity contribution in [3.63, 3.8) is 0 Å². The lowest BCUT2D eigenvalue weighted by Gasteiger charge is -2.35. The third-order valence-corrected chi connectivity index (χ3v) is 5.59. The molecule has 32 heavy (non-hydrogen) atoms. The molecule has 2 aromatic carbocycles. The van der Waals surface area contributed by atoms with E-state index in [0.717, 1.165) is 18.2 Å². The molecule has 0 saturated heterocycles. The van der Waals surface area contributed by atoms with Crippen molar-refractivity contribution in [2.45, 2.75) is 38.2 Å². The first kappa shape index (κ1) is 21.9. The van der Waals surface area contributed by atoms with E-state index in [9.17, 15) is 27.1 Å². The van der Waals surface area contributed by atoms with Crippen LogP contribution in [0, 0.1) is 18.6 Å². The Morgan fingerprint density at radius 2 is 1.84 bits per heavy atom. The van der Waals surface area contributed by atoms with Crippen LogP contribution in [0.4, 0.5) is 22.0 Å². The van der Waals surface area contributed by atoms with Gasteiger partial charge < -0.3 is 5.11 Å². The molecule has 0 spiro atoms. The molecule has 0 saturated carbocycles. The molecule has 11 heteroatoms. The third kappa shape index (κ3) is 3.62. The quantitative estimate of drug-likeness (QED) is 0.458. The smallest absolute Gasteiger partial charge is 0.381 e. The van der Waals surface area contributed by atoms with Gasteiger partial charge in [0.15, 0.2) is 0 Å². The van der Waals surface area contributed by atoms with E-state index in [2.05, 4.69) is 15.2 Å². The largest absolute Gasteiger partial charge is 0.417 e. The third-order valence-electron chi connectivity index (χ3n) is 5.59. The first-order valence-corrected chi connectivity index (χ1v) is 9.57. The van der Waals surface area contributed by atoms with E-state index < -0.39 is 35.0 Å². The molecule has 0 aliphatic rings. The Kier molecular flexibility index (Phi) is 5.24. The molecular weight excluding hydrogens is 433 g/mol. The molecule has 0 bridgehead atoms. The fourth-order valence-corrected chi connectivity index (χ4v) is 3.97. The number of hydrogen-bond acceptors (Lipinski definition) is 4. The van der Waals surface area contributed by atoms with Crippen LogP contribution in [0.25, 0.3) is 10.9 Å². The van der Waals surface area contributed by atoms with Gasteiger partial charge in [-0.15, -0.1) is 0 Å². The average molecular weight is 451 g/mol. The van der Waals surface area contributed by atoms with Crippen molar-refractivity contribution in [1.29, 1.82) is 0 Å². The Morgan fingerprint density at radius 3 is 2.47 bits per heavy atom. The number of aryl methyl sites for hydroxylation is 1. The summed E-state index contributed by atoms with van der Waals surface area (Å²) in [6, 6.07) is 5.27. The standard InChI is InChI=1S/C21H18F5N5O/c1-12-19-16(21(24,25)26)4-3-5-18(19)29-31(12)13(2)20(32,9-30-11-27-10-28-30)15-7-6-14(22)8-17(15)23/h3-8,10-11,13,32H,9H2,1-2H3/t13-,20-/m1/s1. The first-order chi connectivity index (χ1) is 15.0. The second kappa shape index (κ2) is 7.66. The highest BCUT2D eigenvalue weighted by molar-refractivity contribution is 5.85. The monoisotopic (exact) mass is 451 g/mol. The van der Waals surface area contributed by atoms with Gasteiger partial charge in [0.2, 0.25) is 0 Å². The molecule has 0 fully saturated rings. The van der Waals surface area contributed by atoms with E-state index >= 15 is 0 Å². The van der Waals surface area contributed by atoms with Crippen LogP contribution in [0.5, 0.6) is 0 Å². The average Bonchev–Trinajstić information content (AvgIpc) is 3.34. The lowest BCUT2D eigenvalue weighted by Crippen LogP contribution is -2.41. The summed E-state index contributed by atoms with van der Waals surface area (Å²) < 4.78 is 71.4. The minimum atomic E-state index is -4.61. The molecule has 0 aliphatic heterocycles. The van der Waals surface area contributed by atoms with Crippen LogP contribution < -0.4 is 0 Å². The second-order valence-electron chi connectivity index (χ2n) is 7.54. The van der Waals surface area contributed by atoms with Crippen LogP contribution >= 0.6 is 0 Å². The fourth-order valence-electron chi connectivity index (χ4n) is 3.97. The summed E-state index contributed by atoms with van der Waals surface area (Å²) in [5, 5.41) is 19.8. The summed E-state index contributed by atoms with van der Waals surface area (Å²) in [5.41, 5.74) is -2.96. The van der Waals surface area contributed by atoms with Crippen molar-refractivity contribution >= 4 is 10.9 Å². The number of aliphatic hydroxyl groups is 1. The number of halogens is 5. The maximum absolute atomic E-state index is 14.8. The minimum Gasteiger partial charge on any atom is -0.381 e. The van der Waals surface area contributed by atoms with E-state index in [1.165, 1.54) is 48.0 Å². The minimum absolute atomic E-state index is 0.0758. The molecule has 2 aromatic heterocycles. The Labute approximate surface area is 178 Å². The Bertz CT molecular complexity index is 1270. The number of benzene rings is 2. The number of alkyl halides is 3. The lowest BCUT2D eigenvalue weighted by atomic mass is 9.86. The normalized spacial score (nSPS) is 15.1. The molecule has 1 N–H and O–H groups in total. The number of fused-ring (bicyclic) bond motifs is 1. The number of hydrogen-bond donors (Lipinski definition) is 1. The molecule has 168 valence electrons. The van der Waals surface area contributed by atoms with Gasteiger partial charge in [-0.05, 0) is 32.0 Å². The van der Waals surface area contributed by atoms with E-state index in [4.69, 9.17) is 0 Å². The Hall–Kier alpha value is -3.34. The zero-order valence-electron chi connectivity index (χ0n) is 17.0. The fraction of sp³-hybridized carbons (Fsp3) is 0.286. The van der Waals surface area contributed by atoms with Gasteiger partial charge >= 0.3 is 6.18 Å². The lowest BCUT2D eigenvalue weighted by molar-refractivity contribution is -0.136. The van der Waals surface area contributed by atoms with Crippen LogP contribution in [-0.4, -0.2) is 29.7 Å². The van der Waals surface area contributed by atoms with Gasteiger partial charge in [0, 0.05) is 22.7 Å². The zero-order chi connectivity index (χ0) is 23.3. The van der Waals surface area contributed by atoms with Gasteiger partial charge in [-0.1, -0.05) is 12.1 Å². The Balaban J connectivity index is 1.91. The zero-order valence-corrected chi connectivity index (χ0v) is 17.0. The number of nitrogens with zero attached hydrogens (tertiary/aromatic N) is 5. The summed E-state index contributed by atoms with van der Waals surface area (Å²) in [6.07, 6.45) is -2.09. The molecule has 6 nitrogen and oxygen atoms in total. The first-order valence-electron chi connectivity index (χ1n) is 9.57. The van der Waals surface area contributed by atoms with Crippen LogP contribution in [0.3, 0.4) is 0 Å². The Morgan fingerprint density at radius 1 is 1.09 bits per heavy atom. The predicted molar refractivity (Wildman–Crippen MR) is 104 cm³/mol. The highest BCUT2D eigenvalue weighted by atomic mass is 19.4. The molecule has 2 atom stereocenters. The molecule has 0 aliphatic carbocycles. The van der Waals surface area contributed by atoms with Gasteiger partial charge in [0.25, 0.3) is 0 Å². The molecular formula is C21H18F5N5O. The van der Waals surface area contributed by atoms with Crippen molar-refractivity contribution in [2.75, 3.05) is 0 Å². The summed E-state index contributed by atoms with van der Waals surface area (Å²) >= 11 is 0. The SMILES string of the molecule is Cc1c2c(C(F)(F)F)cccc2nn1[C@H](C)[C@](O)(Cn1cncn1)c1ccc(F)cc1F. The van der Waals surface area contributed by atoms with Crippen molar-refractivity contribution in [2.24, 2.45) is 0 Å². The summed E-state index contributed by atoms with van der Waals surface area (Å²) in [7, 11) is 0. The van der Waals surface area contributed by atoms with Gasteiger partial charge in [-0.25, -0.2) is 18.4 Å². The summed E-state index contributed by atoms with van der Waals surface area (Å²) in [4.78, 5) is 3.80. The van der Waals surface area contributed by atoms with Gasteiger partial charge in [0.1, 0.15) is 29.9 Å². The maximum atomic E-state index is 14.8. The van der Waals surface area contributed by atoms with Crippen LogP contribution in [0.1, 0.15) is 29.8 Å². The maximum Gasteiger partial charge on any atom is 0.417 e. The predicted octanol–water partition coefficient (Wildman–Crippen LogP) is 4.38. The summed E-state index contributed by atoms with van der Waals surface area (Å²) in [6.45, 7) is 2.63. The van der Waals surface area contributed by atoms with E-state index in [1.807, 2.05) is 0 Å². The molecule has 0 unspecified atom stereocenters. The highest BCUT2D eigenvalue weighted by Crippen LogP contribution is 2.40. The van der Waals surface area contributed by atoms with Gasteiger partial charge in [0.05, 0.1) is 23.7 Å². The van der Waals surface area contributed by atoms with Gasteiger partial charge in [-0.2, -0.15) is 23.4 Å². The highest BCUT2D eigenvalue weighted by Gasteiger charge is 2.42. The molecule has 2 heterocycles. The van der Waals surface area contributed by atoms with Crippen LogP contribution in [0.2, 0.25) is 0 Å². The molecule has 4 rings (SSSR count). The van der Waals surface area contributed by atoms with Gasteiger partial charge in [-0.3, -0.25) is 4.68 Å². The van der Waals surface area contributed by atoms with Crippen molar-refractivity contribution < 1.29 is 27.1 Å². The van der Waals surface area contributed by atoms with E-state index in [0.29, 0.717) is 6.07 Å².